The Hall–Kier alpha value is -1.02. The Balaban J connectivity index is 3.06. The molecule has 0 heterocycles. The molecule has 2 nitrogen and oxygen atoms in total. The maximum Gasteiger partial charge on any atom is 0.152 e. The average molecular weight is 212 g/mol. The molecule has 76 valence electrons. The zero-order chi connectivity index (χ0) is 10.7. The van der Waals surface area contributed by atoms with Crippen LogP contribution in [0.15, 0.2) is 18.2 Å². The SMILES string of the molecule is CCc1cc(C(Cl)C(C)=O)ccc1N. The molecule has 2 N–H and O–H groups in total. The van der Waals surface area contributed by atoms with Crippen molar-refractivity contribution in [2.24, 2.45) is 0 Å². The van der Waals surface area contributed by atoms with E-state index in [1.165, 1.54) is 6.92 Å². The summed E-state index contributed by atoms with van der Waals surface area (Å²) in [6, 6.07) is 5.49. The summed E-state index contributed by atoms with van der Waals surface area (Å²) >= 11 is 5.93. The summed E-state index contributed by atoms with van der Waals surface area (Å²) in [7, 11) is 0. The number of carbonyl (C=O) groups is 1. The van der Waals surface area contributed by atoms with Crippen molar-refractivity contribution >= 4 is 23.1 Å². The second-order valence-corrected chi connectivity index (χ2v) is 3.72. The van der Waals surface area contributed by atoms with Crippen molar-refractivity contribution in [3.63, 3.8) is 0 Å². The smallest absolute Gasteiger partial charge is 0.152 e. The lowest BCUT2D eigenvalue weighted by Gasteiger charge is -2.09. The van der Waals surface area contributed by atoms with E-state index in [4.69, 9.17) is 17.3 Å². The van der Waals surface area contributed by atoms with Crippen molar-refractivity contribution in [2.45, 2.75) is 25.6 Å². The van der Waals surface area contributed by atoms with Crippen molar-refractivity contribution in [1.29, 1.82) is 0 Å². The number of anilines is 1. The third kappa shape index (κ3) is 2.26. The zero-order valence-electron chi connectivity index (χ0n) is 8.38. The van der Waals surface area contributed by atoms with Gasteiger partial charge in [0.1, 0.15) is 5.38 Å². The number of hydrogen-bond donors (Lipinski definition) is 1. The van der Waals surface area contributed by atoms with E-state index < -0.39 is 5.38 Å². The standard InChI is InChI=1S/C11H14ClNO/c1-3-8-6-9(4-5-10(8)13)11(12)7(2)14/h4-6,11H,3,13H2,1-2H3. The summed E-state index contributed by atoms with van der Waals surface area (Å²) in [5.74, 6) is -0.0431. The van der Waals surface area contributed by atoms with Crippen molar-refractivity contribution in [3.8, 4) is 0 Å². The van der Waals surface area contributed by atoms with Gasteiger partial charge < -0.3 is 5.73 Å². The van der Waals surface area contributed by atoms with E-state index in [1.807, 2.05) is 13.0 Å². The van der Waals surface area contributed by atoms with E-state index in [0.717, 1.165) is 23.2 Å². The van der Waals surface area contributed by atoms with Crippen LogP contribution < -0.4 is 5.73 Å². The quantitative estimate of drug-likeness (QED) is 0.617. The predicted molar refractivity (Wildman–Crippen MR) is 59.5 cm³/mol. The highest BCUT2D eigenvalue weighted by Gasteiger charge is 2.13. The van der Waals surface area contributed by atoms with Crippen LogP contribution in [0.25, 0.3) is 0 Å². The van der Waals surface area contributed by atoms with Gasteiger partial charge in [-0.2, -0.15) is 0 Å². The fourth-order valence-corrected chi connectivity index (χ4v) is 1.46. The zero-order valence-corrected chi connectivity index (χ0v) is 9.14. The third-order valence-corrected chi connectivity index (χ3v) is 2.76. The number of rotatable bonds is 3. The first-order chi connectivity index (χ1) is 6.56. The van der Waals surface area contributed by atoms with Crippen LogP contribution in [0.5, 0.6) is 0 Å². The lowest BCUT2D eigenvalue weighted by Crippen LogP contribution is -2.03. The molecular formula is C11H14ClNO. The van der Waals surface area contributed by atoms with E-state index in [2.05, 4.69) is 0 Å². The molecule has 3 heteroatoms. The van der Waals surface area contributed by atoms with Gasteiger partial charge in [-0.3, -0.25) is 4.79 Å². The van der Waals surface area contributed by atoms with Crippen molar-refractivity contribution in [3.05, 3.63) is 29.3 Å². The first kappa shape index (κ1) is 11.1. The molecule has 14 heavy (non-hydrogen) atoms. The van der Waals surface area contributed by atoms with Gasteiger partial charge in [0.15, 0.2) is 5.78 Å². The molecule has 0 fully saturated rings. The molecule has 1 aromatic rings. The van der Waals surface area contributed by atoms with Gasteiger partial charge in [0.2, 0.25) is 0 Å². The first-order valence-electron chi connectivity index (χ1n) is 4.59. The van der Waals surface area contributed by atoms with E-state index in [0.29, 0.717) is 0 Å². The van der Waals surface area contributed by atoms with Gasteiger partial charge in [-0.25, -0.2) is 0 Å². The van der Waals surface area contributed by atoms with Gasteiger partial charge >= 0.3 is 0 Å². The summed E-state index contributed by atoms with van der Waals surface area (Å²) in [6.45, 7) is 3.51. The Morgan fingerprint density at radius 2 is 2.21 bits per heavy atom. The Labute approximate surface area is 89.1 Å². The van der Waals surface area contributed by atoms with Crippen LogP contribution in [0.3, 0.4) is 0 Å². The summed E-state index contributed by atoms with van der Waals surface area (Å²) < 4.78 is 0. The second-order valence-electron chi connectivity index (χ2n) is 3.29. The monoisotopic (exact) mass is 211 g/mol. The molecule has 0 spiro atoms. The number of nitrogens with two attached hydrogens (primary N) is 1. The first-order valence-corrected chi connectivity index (χ1v) is 5.02. The second kappa shape index (κ2) is 4.47. The lowest BCUT2D eigenvalue weighted by molar-refractivity contribution is -0.116. The molecule has 1 unspecified atom stereocenters. The van der Waals surface area contributed by atoms with Crippen LogP contribution in [-0.4, -0.2) is 5.78 Å². The average Bonchev–Trinajstić information content (AvgIpc) is 2.17. The number of aryl methyl sites for hydroxylation is 1. The number of Topliss-reactive ketones (excluding diaryl/α,β-unsaturated/α-hetero) is 1. The number of ketones is 1. The molecule has 1 atom stereocenters. The number of hydrogen-bond acceptors (Lipinski definition) is 2. The van der Waals surface area contributed by atoms with Crippen LogP contribution >= 0.6 is 11.6 Å². The Bertz CT molecular complexity index is 349. The van der Waals surface area contributed by atoms with Gasteiger partial charge in [-0.05, 0) is 30.5 Å². The van der Waals surface area contributed by atoms with Gasteiger partial charge in [-0.15, -0.1) is 11.6 Å². The summed E-state index contributed by atoms with van der Waals surface area (Å²) in [5, 5.41) is -0.555. The molecule has 0 aromatic heterocycles. The number of benzene rings is 1. The summed E-state index contributed by atoms with van der Waals surface area (Å²) in [5.41, 5.74) is 8.36. The van der Waals surface area contributed by atoms with Crippen LogP contribution in [0.4, 0.5) is 5.69 Å². The topological polar surface area (TPSA) is 43.1 Å². The molecule has 0 aliphatic heterocycles. The molecule has 0 saturated heterocycles. The van der Waals surface area contributed by atoms with E-state index in [1.54, 1.807) is 12.1 Å². The molecule has 0 radical (unpaired) electrons. The predicted octanol–water partition coefficient (Wildman–Crippen LogP) is 2.70. The molecule has 0 amide bonds. The van der Waals surface area contributed by atoms with Crippen molar-refractivity contribution in [1.82, 2.24) is 0 Å². The highest BCUT2D eigenvalue weighted by Crippen LogP contribution is 2.25. The van der Waals surface area contributed by atoms with Crippen molar-refractivity contribution in [2.75, 3.05) is 5.73 Å². The highest BCUT2D eigenvalue weighted by molar-refractivity contribution is 6.30. The molecular weight excluding hydrogens is 198 g/mol. The Morgan fingerprint density at radius 1 is 1.57 bits per heavy atom. The van der Waals surface area contributed by atoms with Crippen LogP contribution in [-0.2, 0) is 11.2 Å². The lowest BCUT2D eigenvalue weighted by atomic mass is 10.0. The van der Waals surface area contributed by atoms with Crippen LogP contribution in [0.2, 0.25) is 0 Å². The molecule has 0 bridgehead atoms. The van der Waals surface area contributed by atoms with Gasteiger partial charge in [0.25, 0.3) is 0 Å². The Morgan fingerprint density at radius 3 is 2.71 bits per heavy atom. The molecule has 1 aromatic carbocycles. The van der Waals surface area contributed by atoms with Gasteiger partial charge in [-0.1, -0.05) is 19.1 Å². The van der Waals surface area contributed by atoms with Crippen molar-refractivity contribution < 1.29 is 4.79 Å². The highest BCUT2D eigenvalue weighted by atomic mass is 35.5. The normalized spacial score (nSPS) is 12.5. The number of halogens is 1. The number of alkyl halides is 1. The number of nitrogen functional groups attached to an aromatic ring is 1. The minimum Gasteiger partial charge on any atom is -0.399 e. The minimum atomic E-state index is -0.555. The third-order valence-electron chi connectivity index (χ3n) is 2.20. The van der Waals surface area contributed by atoms with Crippen LogP contribution in [0.1, 0.15) is 30.4 Å². The molecule has 1 rings (SSSR count). The van der Waals surface area contributed by atoms with Gasteiger partial charge in [0, 0.05) is 5.69 Å². The molecule has 0 aliphatic carbocycles. The molecule has 0 aliphatic rings. The van der Waals surface area contributed by atoms with E-state index >= 15 is 0 Å². The van der Waals surface area contributed by atoms with E-state index in [9.17, 15) is 4.79 Å². The maximum atomic E-state index is 11.1. The number of carbonyl (C=O) groups excluding carboxylic acids is 1. The summed E-state index contributed by atoms with van der Waals surface area (Å²) in [4.78, 5) is 11.1. The maximum absolute atomic E-state index is 11.1. The fourth-order valence-electron chi connectivity index (χ4n) is 1.32. The minimum absolute atomic E-state index is 0.0431. The van der Waals surface area contributed by atoms with E-state index in [-0.39, 0.29) is 5.78 Å². The Kier molecular flexibility index (Phi) is 3.53. The summed E-state index contributed by atoms with van der Waals surface area (Å²) in [6.07, 6.45) is 0.848. The van der Waals surface area contributed by atoms with Gasteiger partial charge in [0.05, 0.1) is 0 Å². The largest absolute Gasteiger partial charge is 0.399 e. The molecule has 0 saturated carbocycles. The van der Waals surface area contributed by atoms with Crippen LogP contribution in [0, 0.1) is 0 Å². The fraction of sp³-hybridized carbons (Fsp3) is 0.364.